The summed E-state index contributed by atoms with van der Waals surface area (Å²) in [5, 5.41) is 3.65. The molecule has 0 aliphatic heterocycles. The summed E-state index contributed by atoms with van der Waals surface area (Å²) >= 11 is 11.6. The molecule has 1 amide bonds. The van der Waals surface area contributed by atoms with Gasteiger partial charge in [-0.15, -0.1) is 0 Å². The molecule has 106 valence electrons. The molecule has 0 unspecified atom stereocenters. The Labute approximate surface area is 119 Å². The molecule has 0 atom stereocenters. The molecular formula is C9H12Cl2N3O4P. The monoisotopic (exact) mass is 327 g/mol. The van der Waals surface area contributed by atoms with Gasteiger partial charge in [-0.3, -0.25) is 14.7 Å². The lowest BCUT2D eigenvalue weighted by Gasteiger charge is -2.18. The van der Waals surface area contributed by atoms with Crippen molar-refractivity contribution in [2.45, 2.75) is 0 Å². The number of halogens is 2. The molecule has 0 radical (unpaired) electrons. The zero-order valence-corrected chi connectivity index (χ0v) is 12.0. The highest BCUT2D eigenvalue weighted by Crippen LogP contribution is 2.32. The highest BCUT2D eigenvalue weighted by Gasteiger charge is 2.17. The predicted molar refractivity (Wildman–Crippen MR) is 73.0 cm³/mol. The first-order valence-electron chi connectivity index (χ1n) is 4.98. The number of anilines is 1. The summed E-state index contributed by atoms with van der Waals surface area (Å²) in [6.07, 6.45) is -0.615. The van der Waals surface area contributed by atoms with E-state index in [0.717, 1.165) is 5.01 Å². The Hall–Kier alpha value is -0.660. The van der Waals surface area contributed by atoms with Gasteiger partial charge >= 0.3 is 7.60 Å². The number of benzene rings is 1. The topological polar surface area (TPSA) is 116 Å². The molecular weight excluding hydrogens is 316 g/mol. The second kappa shape index (κ2) is 6.67. The molecule has 0 bridgehead atoms. The molecule has 1 aromatic rings. The zero-order chi connectivity index (χ0) is 14.6. The van der Waals surface area contributed by atoms with E-state index in [0.29, 0.717) is 5.02 Å². The van der Waals surface area contributed by atoms with Gasteiger partial charge in [0.2, 0.25) is 0 Å². The molecule has 0 heterocycles. The maximum Gasteiger partial charge on any atom is 0.339 e. The Morgan fingerprint density at radius 1 is 1.42 bits per heavy atom. The molecule has 1 rings (SSSR count). The largest absolute Gasteiger partial charge is 0.339 e. The number of nitrogens with one attached hydrogen (secondary N) is 1. The number of hydrazine groups is 1. The molecule has 0 spiro atoms. The molecule has 5 N–H and O–H groups in total. The summed E-state index contributed by atoms with van der Waals surface area (Å²) in [6, 6.07) is 4.43. The molecule has 10 heteroatoms. The first kappa shape index (κ1) is 16.4. The third-order valence-electron chi connectivity index (χ3n) is 2.03. The molecule has 0 fully saturated rings. The van der Waals surface area contributed by atoms with Crippen molar-refractivity contribution in [3.8, 4) is 0 Å². The summed E-state index contributed by atoms with van der Waals surface area (Å²) in [5.41, 5.74) is 0.206. The van der Waals surface area contributed by atoms with Crippen molar-refractivity contribution >= 4 is 42.4 Å². The standard InChI is InChI=1S/C9H12Cl2N3O4P/c10-6-1-2-7(11)8(3-6)14(12)9(15)4-13-5-19(16,17)18/h1-3,13H,4-5,12H2,(H2,16,17,18). The van der Waals surface area contributed by atoms with Gasteiger partial charge in [0.05, 0.1) is 23.5 Å². The minimum Gasteiger partial charge on any atom is -0.324 e. The molecule has 0 aliphatic rings. The van der Waals surface area contributed by atoms with Crippen LogP contribution in [0.25, 0.3) is 0 Å². The Bertz CT molecular complexity index is 522. The van der Waals surface area contributed by atoms with Crippen LogP contribution >= 0.6 is 30.8 Å². The Morgan fingerprint density at radius 2 is 2.05 bits per heavy atom. The molecule has 7 nitrogen and oxygen atoms in total. The van der Waals surface area contributed by atoms with Crippen LogP contribution in [-0.2, 0) is 9.36 Å². The summed E-state index contributed by atoms with van der Waals surface area (Å²) in [7, 11) is -4.21. The number of hydrogen-bond donors (Lipinski definition) is 4. The Balaban J connectivity index is 2.67. The second-order valence-corrected chi connectivity index (χ2v) is 6.10. The Kier molecular flexibility index (Phi) is 5.76. The van der Waals surface area contributed by atoms with Crippen LogP contribution in [0.3, 0.4) is 0 Å². The quantitative estimate of drug-likeness (QED) is 0.276. The van der Waals surface area contributed by atoms with Crippen LogP contribution in [0.2, 0.25) is 10.0 Å². The Morgan fingerprint density at radius 3 is 2.63 bits per heavy atom. The average Bonchev–Trinajstić information content (AvgIpc) is 2.29. The lowest BCUT2D eigenvalue weighted by molar-refractivity contribution is -0.117. The maximum absolute atomic E-state index is 11.7. The van der Waals surface area contributed by atoms with E-state index in [1.807, 2.05) is 0 Å². The van der Waals surface area contributed by atoms with E-state index in [1.54, 1.807) is 0 Å². The van der Waals surface area contributed by atoms with Crippen molar-refractivity contribution in [2.24, 2.45) is 5.84 Å². The van der Waals surface area contributed by atoms with E-state index in [9.17, 15) is 9.36 Å². The number of carbonyl (C=O) groups excluding carboxylic acids is 1. The van der Waals surface area contributed by atoms with Crippen molar-refractivity contribution in [3.05, 3.63) is 28.2 Å². The molecule has 0 saturated carbocycles. The fraction of sp³-hybridized carbons (Fsp3) is 0.222. The fourth-order valence-corrected chi connectivity index (χ4v) is 1.98. The third kappa shape index (κ3) is 5.46. The summed E-state index contributed by atoms with van der Waals surface area (Å²) < 4.78 is 10.6. The van der Waals surface area contributed by atoms with E-state index in [4.69, 9.17) is 38.8 Å². The number of amides is 1. The van der Waals surface area contributed by atoms with Gasteiger partial charge in [0.1, 0.15) is 0 Å². The van der Waals surface area contributed by atoms with E-state index in [2.05, 4.69) is 5.32 Å². The van der Waals surface area contributed by atoms with E-state index < -0.39 is 19.8 Å². The molecule has 0 aromatic heterocycles. The molecule has 0 saturated heterocycles. The molecule has 0 aliphatic carbocycles. The SMILES string of the molecule is NN(C(=O)CNCP(=O)(O)O)c1cc(Cl)ccc1Cl. The van der Waals surface area contributed by atoms with Crippen molar-refractivity contribution in [2.75, 3.05) is 17.8 Å². The zero-order valence-electron chi connectivity index (χ0n) is 9.58. The lowest BCUT2D eigenvalue weighted by Crippen LogP contribution is -2.43. The second-order valence-electron chi connectivity index (χ2n) is 3.61. The van der Waals surface area contributed by atoms with Gasteiger partial charge in [-0.1, -0.05) is 23.2 Å². The summed E-state index contributed by atoms with van der Waals surface area (Å²) in [4.78, 5) is 28.9. The van der Waals surface area contributed by atoms with Gasteiger partial charge in [0.25, 0.3) is 5.91 Å². The first-order valence-corrected chi connectivity index (χ1v) is 7.54. The van der Waals surface area contributed by atoms with Crippen LogP contribution in [0.1, 0.15) is 0 Å². The predicted octanol–water partition coefficient (Wildman–Crippen LogP) is 0.925. The molecule has 19 heavy (non-hydrogen) atoms. The van der Waals surface area contributed by atoms with Crippen molar-refractivity contribution in [1.29, 1.82) is 0 Å². The minimum atomic E-state index is -4.21. The fourth-order valence-electron chi connectivity index (χ4n) is 1.20. The van der Waals surface area contributed by atoms with Crippen LogP contribution < -0.4 is 16.2 Å². The van der Waals surface area contributed by atoms with Crippen LogP contribution in [0.15, 0.2) is 18.2 Å². The third-order valence-corrected chi connectivity index (χ3v) is 3.22. The van der Waals surface area contributed by atoms with E-state index >= 15 is 0 Å². The smallest absolute Gasteiger partial charge is 0.324 e. The number of nitrogens with two attached hydrogens (primary N) is 1. The van der Waals surface area contributed by atoms with Crippen LogP contribution in [0.5, 0.6) is 0 Å². The summed E-state index contributed by atoms with van der Waals surface area (Å²) in [6.45, 7) is -0.343. The normalized spacial score (nSPS) is 11.4. The number of rotatable bonds is 5. The van der Waals surface area contributed by atoms with Crippen LogP contribution in [-0.4, -0.2) is 28.5 Å². The average molecular weight is 328 g/mol. The van der Waals surface area contributed by atoms with E-state index in [1.165, 1.54) is 18.2 Å². The van der Waals surface area contributed by atoms with Gasteiger partial charge in [0.15, 0.2) is 0 Å². The van der Waals surface area contributed by atoms with Crippen LogP contribution in [0.4, 0.5) is 5.69 Å². The number of carbonyl (C=O) groups is 1. The first-order chi connectivity index (χ1) is 8.70. The minimum absolute atomic E-state index is 0.206. The van der Waals surface area contributed by atoms with Crippen molar-refractivity contribution in [3.63, 3.8) is 0 Å². The van der Waals surface area contributed by atoms with Gasteiger partial charge < -0.3 is 9.79 Å². The highest BCUT2D eigenvalue weighted by molar-refractivity contribution is 7.51. The van der Waals surface area contributed by atoms with Gasteiger partial charge in [-0.2, -0.15) is 0 Å². The molecule has 1 aromatic carbocycles. The summed E-state index contributed by atoms with van der Waals surface area (Å²) in [5.74, 6) is 4.95. The van der Waals surface area contributed by atoms with Crippen molar-refractivity contribution < 1.29 is 19.1 Å². The van der Waals surface area contributed by atoms with Gasteiger partial charge in [-0.25, -0.2) is 10.9 Å². The number of nitrogens with zero attached hydrogens (tertiary/aromatic N) is 1. The number of hydrogen-bond acceptors (Lipinski definition) is 4. The maximum atomic E-state index is 11.7. The van der Waals surface area contributed by atoms with Gasteiger partial charge in [-0.05, 0) is 18.2 Å². The lowest BCUT2D eigenvalue weighted by atomic mass is 10.3. The van der Waals surface area contributed by atoms with Gasteiger partial charge in [0, 0.05) is 5.02 Å². The van der Waals surface area contributed by atoms with Crippen LogP contribution in [0, 0.1) is 0 Å². The highest BCUT2D eigenvalue weighted by atomic mass is 35.5. The van der Waals surface area contributed by atoms with Crippen molar-refractivity contribution in [1.82, 2.24) is 5.32 Å². The van der Waals surface area contributed by atoms with E-state index in [-0.39, 0.29) is 17.3 Å².